The van der Waals surface area contributed by atoms with Gasteiger partial charge in [-0.1, -0.05) is 24.9 Å². The maximum atomic E-state index is 12.3. The maximum absolute atomic E-state index is 12.3. The molecule has 1 saturated carbocycles. The highest BCUT2D eigenvalue weighted by Gasteiger charge is 2.26. The molecule has 1 aromatic heterocycles. The zero-order chi connectivity index (χ0) is 15.4. The first-order valence-corrected chi connectivity index (χ1v) is 7.68. The van der Waals surface area contributed by atoms with Gasteiger partial charge in [-0.3, -0.25) is 0 Å². The average molecular weight is 295 g/mol. The fraction of sp³-hybridized carbons (Fsp3) is 0.733. The van der Waals surface area contributed by atoms with Gasteiger partial charge in [-0.05, 0) is 19.8 Å². The molecular formula is C15H25N3O3. The van der Waals surface area contributed by atoms with Gasteiger partial charge in [0.25, 0.3) is 0 Å². The SMILES string of the molecule is CCc1onc(C)c1NC(=O)N(C)CC1CCCCC1O. The number of rotatable bonds is 4. The number of nitrogens with zero attached hydrogens (tertiary/aromatic N) is 2. The number of urea groups is 1. The lowest BCUT2D eigenvalue weighted by molar-refractivity contribution is 0.0575. The summed E-state index contributed by atoms with van der Waals surface area (Å²) in [5.74, 6) is 0.857. The lowest BCUT2D eigenvalue weighted by Crippen LogP contribution is -2.40. The highest BCUT2D eigenvalue weighted by molar-refractivity contribution is 5.90. The summed E-state index contributed by atoms with van der Waals surface area (Å²) in [6.45, 7) is 4.33. The predicted molar refractivity (Wildman–Crippen MR) is 80.2 cm³/mol. The number of amides is 2. The fourth-order valence-electron chi connectivity index (χ4n) is 2.86. The molecule has 21 heavy (non-hydrogen) atoms. The summed E-state index contributed by atoms with van der Waals surface area (Å²) in [5.41, 5.74) is 1.35. The molecule has 2 N–H and O–H groups in total. The molecule has 1 aromatic rings. The molecule has 0 radical (unpaired) electrons. The summed E-state index contributed by atoms with van der Waals surface area (Å²) in [4.78, 5) is 13.9. The third kappa shape index (κ3) is 3.75. The Morgan fingerprint density at radius 2 is 2.19 bits per heavy atom. The van der Waals surface area contributed by atoms with Crippen LogP contribution in [0.4, 0.5) is 10.5 Å². The lowest BCUT2D eigenvalue weighted by Gasteiger charge is -2.31. The Morgan fingerprint density at radius 3 is 2.86 bits per heavy atom. The molecule has 0 aliphatic heterocycles. The van der Waals surface area contributed by atoms with Gasteiger partial charge in [0.2, 0.25) is 0 Å². The van der Waals surface area contributed by atoms with Crippen LogP contribution in [0.5, 0.6) is 0 Å². The first kappa shape index (κ1) is 15.8. The van der Waals surface area contributed by atoms with Crippen LogP contribution in [0.15, 0.2) is 4.52 Å². The number of aryl methyl sites for hydroxylation is 2. The van der Waals surface area contributed by atoms with Crippen molar-refractivity contribution in [2.24, 2.45) is 5.92 Å². The van der Waals surface area contributed by atoms with Crippen LogP contribution in [-0.4, -0.2) is 40.9 Å². The summed E-state index contributed by atoms with van der Waals surface area (Å²) in [5, 5.41) is 16.7. The standard InChI is InChI=1S/C15H25N3O3/c1-4-13-14(10(2)17-21-13)16-15(20)18(3)9-11-7-5-6-8-12(11)19/h11-12,19H,4-9H2,1-3H3,(H,16,20). The first-order chi connectivity index (χ1) is 10.0. The van der Waals surface area contributed by atoms with Crippen molar-refractivity contribution in [3.05, 3.63) is 11.5 Å². The van der Waals surface area contributed by atoms with Gasteiger partial charge in [-0.25, -0.2) is 4.79 Å². The quantitative estimate of drug-likeness (QED) is 0.894. The molecule has 2 atom stereocenters. The Morgan fingerprint density at radius 1 is 1.48 bits per heavy atom. The molecule has 1 aliphatic carbocycles. The van der Waals surface area contributed by atoms with Crippen LogP contribution in [0.1, 0.15) is 44.1 Å². The molecule has 2 unspecified atom stereocenters. The first-order valence-electron chi connectivity index (χ1n) is 7.68. The van der Waals surface area contributed by atoms with E-state index in [0.29, 0.717) is 30.1 Å². The van der Waals surface area contributed by atoms with Gasteiger partial charge in [0.05, 0.1) is 6.10 Å². The summed E-state index contributed by atoms with van der Waals surface area (Å²) < 4.78 is 5.17. The van der Waals surface area contributed by atoms with Gasteiger partial charge < -0.3 is 19.8 Å². The second-order valence-electron chi connectivity index (χ2n) is 5.84. The zero-order valence-electron chi connectivity index (χ0n) is 13.1. The lowest BCUT2D eigenvalue weighted by atomic mass is 9.86. The topological polar surface area (TPSA) is 78.6 Å². The Kier molecular flexibility index (Phi) is 5.22. The van der Waals surface area contributed by atoms with E-state index >= 15 is 0 Å². The van der Waals surface area contributed by atoms with Crippen molar-refractivity contribution in [3.63, 3.8) is 0 Å². The minimum Gasteiger partial charge on any atom is -0.393 e. The number of aliphatic hydroxyl groups is 1. The Labute approximate surface area is 125 Å². The molecule has 6 nitrogen and oxygen atoms in total. The van der Waals surface area contributed by atoms with Crippen LogP contribution in [0.2, 0.25) is 0 Å². The van der Waals surface area contributed by atoms with Crippen LogP contribution < -0.4 is 5.32 Å². The monoisotopic (exact) mass is 295 g/mol. The number of nitrogens with one attached hydrogen (secondary N) is 1. The van der Waals surface area contributed by atoms with E-state index in [9.17, 15) is 9.90 Å². The Balaban J connectivity index is 1.94. The molecule has 0 aromatic carbocycles. The molecule has 1 fully saturated rings. The highest BCUT2D eigenvalue weighted by Crippen LogP contribution is 2.25. The second-order valence-corrected chi connectivity index (χ2v) is 5.84. The highest BCUT2D eigenvalue weighted by atomic mass is 16.5. The molecule has 2 rings (SSSR count). The van der Waals surface area contributed by atoms with Crippen molar-refractivity contribution < 1.29 is 14.4 Å². The molecule has 0 bridgehead atoms. The summed E-state index contributed by atoms with van der Waals surface area (Å²) in [7, 11) is 1.76. The summed E-state index contributed by atoms with van der Waals surface area (Å²) in [6, 6.07) is -0.186. The normalized spacial score (nSPS) is 22.1. The van der Waals surface area contributed by atoms with Crippen LogP contribution in [-0.2, 0) is 6.42 Å². The zero-order valence-corrected chi connectivity index (χ0v) is 13.1. The maximum Gasteiger partial charge on any atom is 0.321 e. The van der Waals surface area contributed by atoms with Gasteiger partial charge in [-0.15, -0.1) is 0 Å². The van der Waals surface area contributed by atoms with E-state index in [1.807, 2.05) is 13.8 Å². The van der Waals surface area contributed by atoms with Crippen LogP contribution in [0.3, 0.4) is 0 Å². The van der Waals surface area contributed by atoms with Crippen molar-refractivity contribution in [1.29, 1.82) is 0 Å². The number of aliphatic hydroxyl groups excluding tert-OH is 1. The molecule has 1 aliphatic rings. The van der Waals surface area contributed by atoms with E-state index in [-0.39, 0.29) is 18.1 Å². The molecule has 6 heteroatoms. The Bertz CT molecular complexity index is 487. The van der Waals surface area contributed by atoms with Crippen LogP contribution >= 0.6 is 0 Å². The third-order valence-corrected chi connectivity index (χ3v) is 4.21. The van der Waals surface area contributed by atoms with Crippen LogP contribution in [0, 0.1) is 12.8 Å². The summed E-state index contributed by atoms with van der Waals surface area (Å²) >= 11 is 0. The number of aromatic nitrogens is 1. The molecule has 118 valence electrons. The molecule has 0 saturated heterocycles. The number of hydrogen-bond acceptors (Lipinski definition) is 4. The van der Waals surface area contributed by atoms with E-state index in [4.69, 9.17) is 4.52 Å². The van der Waals surface area contributed by atoms with E-state index in [1.54, 1.807) is 11.9 Å². The Hall–Kier alpha value is -1.56. The predicted octanol–water partition coefficient (Wildman–Crippen LogP) is 2.56. The van der Waals surface area contributed by atoms with Gasteiger partial charge in [0, 0.05) is 25.9 Å². The molecule has 0 spiro atoms. The van der Waals surface area contributed by atoms with Gasteiger partial charge in [0.1, 0.15) is 11.4 Å². The van der Waals surface area contributed by atoms with Crippen molar-refractivity contribution in [3.8, 4) is 0 Å². The molecular weight excluding hydrogens is 270 g/mol. The van der Waals surface area contributed by atoms with Gasteiger partial charge in [0.15, 0.2) is 5.76 Å². The number of anilines is 1. The summed E-state index contributed by atoms with van der Waals surface area (Å²) in [6.07, 6.45) is 4.41. The largest absolute Gasteiger partial charge is 0.393 e. The van der Waals surface area contributed by atoms with Crippen molar-refractivity contribution in [1.82, 2.24) is 10.1 Å². The average Bonchev–Trinajstić information content (AvgIpc) is 2.82. The fourth-order valence-corrected chi connectivity index (χ4v) is 2.86. The van der Waals surface area contributed by atoms with Crippen molar-refractivity contribution >= 4 is 11.7 Å². The van der Waals surface area contributed by atoms with Gasteiger partial charge >= 0.3 is 6.03 Å². The van der Waals surface area contributed by atoms with Gasteiger partial charge in [-0.2, -0.15) is 0 Å². The molecule has 1 heterocycles. The van der Waals surface area contributed by atoms with Crippen LogP contribution in [0.25, 0.3) is 0 Å². The van der Waals surface area contributed by atoms with Crippen molar-refractivity contribution in [2.75, 3.05) is 18.9 Å². The van der Waals surface area contributed by atoms with Crippen molar-refractivity contribution in [2.45, 2.75) is 52.1 Å². The van der Waals surface area contributed by atoms with E-state index in [1.165, 1.54) is 0 Å². The van der Waals surface area contributed by atoms with E-state index in [0.717, 1.165) is 25.7 Å². The second kappa shape index (κ2) is 6.93. The minimum atomic E-state index is -0.294. The number of carbonyl (C=O) groups is 1. The smallest absolute Gasteiger partial charge is 0.321 e. The number of hydrogen-bond donors (Lipinski definition) is 2. The number of carbonyl (C=O) groups excluding carboxylic acids is 1. The third-order valence-electron chi connectivity index (χ3n) is 4.21. The van der Waals surface area contributed by atoms with E-state index in [2.05, 4.69) is 10.5 Å². The van der Waals surface area contributed by atoms with E-state index < -0.39 is 0 Å². The minimum absolute atomic E-state index is 0.170. The molecule has 2 amide bonds.